The van der Waals surface area contributed by atoms with Crippen molar-refractivity contribution in [2.45, 2.75) is 25.7 Å². The minimum Gasteiger partial charge on any atom is -0.390 e. The third-order valence-corrected chi connectivity index (χ3v) is 5.57. The van der Waals surface area contributed by atoms with Gasteiger partial charge >= 0.3 is 0 Å². The molecule has 2 heterocycles. The molecule has 0 fully saturated rings. The van der Waals surface area contributed by atoms with E-state index in [1.54, 1.807) is 23.5 Å². The lowest BCUT2D eigenvalue weighted by atomic mass is 9.93. The summed E-state index contributed by atoms with van der Waals surface area (Å²) in [6.45, 7) is 0. The van der Waals surface area contributed by atoms with Crippen LogP contribution in [0, 0.1) is 0 Å². The van der Waals surface area contributed by atoms with Crippen LogP contribution in [0.15, 0.2) is 12.1 Å². The quantitative estimate of drug-likeness (QED) is 0.846. The second-order valence-corrected chi connectivity index (χ2v) is 7.23. The van der Waals surface area contributed by atoms with Crippen LogP contribution < -0.4 is 5.73 Å². The van der Waals surface area contributed by atoms with Crippen molar-refractivity contribution >= 4 is 45.1 Å². The van der Waals surface area contributed by atoms with Crippen LogP contribution >= 0.6 is 34.3 Å². The number of hydrogen-bond acceptors (Lipinski definition) is 4. The van der Waals surface area contributed by atoms with Crippen LogP contribution in [-0.4, -0.2) is 5.78 Å². The van der Waals surface area contributed by atoms with Gasteiger partial charge in [0.2, 0.25) is 5.78 Å². The van der Waals surface area contributed by atoms with E-state index >= 15 is 0 Å². The van der Waals surface area contributed by atoms with Crippen LogP contribution in [0.2, 0.25) is 4.34 Å². The Balaban J connectivity index is 2.06. The van der Waals surface area contributed by atoms with Crippen molar-refractivity contribution in [3.05, 3.63) is 37.4 Å². The van der Waals surface area contributed by atoms with Gasteiger partial charge in [-0.05, 0) is 43.4 Å². The number of nitrogens with two attached hydrogens (primary N) is 1. The van der Waals surface area contributed by atoms with Crippen molar-refractivity contribution in [3.63, 3.8) is 0 Å². The largest absolute Gasteiger partial charge is 0.390 e. The molecule has 5 heteroatoms. The minimum atomic E-state index is 0.0313. The second-order valence-electron chi connectivity index (χ2n) is 4.38. The fraction of sp³-hybridized carbons (Fsp3) is 0.308. The number of thiophene rings is 2. The van der Waals surface area contributed by atoms with E-state index in [9.17, 15) is 4.79 Å². The predicted molar refractivity (Wildman–Crippen MR) is 78.1 cm³/mol. The SMILES string of the molecule is Nc1sc2c(c1C(=O)c1ccc(Cl)s1)CCCC2. The number of ketones is 1. The molecule has 0 saturated carbocycles. The van der Waals surface area contributed by atoms with Crippen molar-refractivity contribution in [1.29, 1.82) is 0 Å². The van der Waals surface area contributed by atoms with Gasteiger partial charge < -0.3 is 5.73 Å². The lowest BCUT2D eigenvalue weighted by Crippen LogP contribution is -2.07. The predicted octanol–water partition coefficient (Wildman–Crippen LogP) is 4.16. The molecule has 3 rings (SSSR count). The average molecular weight is 298 g/mol. The summed E-state index contributed by atoms with van der Waals surface area (Å²) in [7, 11) is 0. The van der Waals surface area contributed by atoms with Crippen LogP contribution in [0.4, 0.5) is 5.00 Å². The van der Waals surface area contributed by atoms with E-state index in [1.165, 1.54) is 28.2 Å². The van der Waals surface area contributed by atoms with E-state index in [-0.39, 0.29) is 5.78 Å². The monoisotopic (exact) mass is 297 g/mol. The van der Waals surface area contributed by atoms with Gasteiger partial charge in [0.25, 0.3) is 0 Å². The molecule has 0 aliphatic heterocycles. The lowest BCUT2D eigenvalue weighted by molar-refractivity contribution is 0.104. The first-order chi connectivity index (χ1) is 8.66. The van der Waals surface area contributed by atoms with Crippen molar-refractivity contribution in [2.75, 3.05) is 5.73 Å². The van der Waals surface area contributed by atoms with Gasteiger partial charge in [-0.15, -0.1) is 22.7 Å². The van der Waals surface area contributed by atoms with Gasteiger partial charge in [-0.3, -0.25) is 4.79 Å². The van der Waals surface area contributed by atoms with Crippen LogP contribution in [0.25, 0.3) is 0 Å². The highest BCUT2D eigenvalue weighted by Crippen LogP contribution is 2.38. The summed E-state index contributed by atoms with van der Waals surface area (Å²) in [6, 6.07) is 3.54. The summed E-state index contributed by atoms with van der Waals surface area (Å²) < 4.78 is 0.640. The van der Waals surface area contributed by atoms with Crippen molar-refractivity contribution < 1.29 is 4.79 Å². The van der Waals surface area contributed by atoms with E-state index in [0.29, 0.717) is 14.2 Å². The first kappa shape index (κ1) is 12.2. The molecular weight excluding hydrogens is 286 g/mol. The topological polar surface area (TPSA) is 43.1 Å². The molecule has 2 nitrogen and oxygen atoms in total. The maximum Gasteiger partial charge on any atom is 0.206 e. The molecule has 0 atom stereocenters. The molecule has 0 radical (unpaired) electrons. The molecule has 0 spiro atoms. The number of fused-ring (bicyclic) bond motifs is 1. The van der Waals surface area contributed by atoms with Gasteiger partial charge in [0.05, 0.1) is 19.8 Å². The van der Waals surface area contributed by atoms with Gasteiger partial charge in [-0.25, -0.2) is 0 Å². The molecule has 18 heavy (non-hydrogen) atoms. The Kier molecular flexibility index (Phi) is 3.18. The Morgan fingerprint density at radius 2 is 2.00 bits per heavy atom. The summed E-state index contributed by atoms with van der Waals surface area (Å²) in [4.78, 5) is 14.5. The van der Waals surface area contributed by atoms with Gasteiger partial charge in [-0.1, -0.05) is 11.6 Å². The van der Waals surface area contributed by atoms with Gasteiger partial charge in [0, 0.05) is 4.88 Å². The zero-order valence-electron chi connectivity index (χ0n) is 9.66. The highest BCUT2D eigenvalue weighted by molar-refractivity contribution is 7.19. The van der Waals surface area contributed by atoms with Crippen molar-refractivity contribution in [1.82, 2.24) is 0 Å². The molecule has 1 aliphatic rings. The number of anilines is 1. The molecule has 94 valence electrons. The molecule has 0 bridgehead atoms. The number of halogens is 1. The summed E-state index contributed by atoms with van der Waals surface area (Å²) in [5.74, 6) is 0.0313. The molecule has 1 aliphatic carbocycles. The molecule has 2 N–H and O–H groups in total. The summed E-state index contributed by atoms with van der Waals surface area (Å²) in [5.41, 5.74) is 7.94. The van der Waals surface area contributed by atoms with E-state index in [0.717, 1.165) is 24.8 Å². The number of aryl methyl sites for hydroxylation is 1. The number of hydrogen-bond donors (Lipinski definition) is 1. The smallest absolute Gasteiger partial charge is 0.206 e. The Bertz CT molecular complexity index is 615. The van der Waals surface area contributed by atoms with E-state index in [1.807, 2.05) is 0 Å². The standard InChI is InChI=1S/C13H12ClNOS2/c14-10-6-5-9(17-10)12(16)11-7-3-1-2-4-8(7)18-13(11)15/h5-6H,1-4,15H2. The number of rotatable bonds is 2. The summed E-state index contributed by atoms with van der Waals surface area (Å²) in [6.07, 6.45) is 4.38. The first-order valence-electron chi connectivity index (χ1n) is 5.87. The average Bonchev–Trinajstić information content (AvgIpc) is 2.91. The van der Waals surface area contributed by atoms with E-state index in [2.05, 4.69) is 0 Å². The molecule has 0 unspecified atom stereocenters. The second kappa shape index (κ2) is 4.68. The van der Waals surface area contributed by atoms with E-state index < -0.39 is 0 Å². The summed E-state index contributed by atoms with van der Waals surface area (Å²) in [5, 5.41) is 0.663. The van der Waals surface area contributed by atoms with Crippen molar-refractivity contribution in [2.24, 2.45) is 0 Å². The zero-order valence-corrected chi connectivity index (χ0v) is 12.1. The molecular formula is C13H12ClNOS2. The molecule has 0 amide bonds. The first-order valence-corrected chi connectivity index (χ1v) is 7.88. The third kappa shape index (κ3) is 1.98. The fourth-order valence-electron chi connectivity index (χ4n) is 2.40. The van der Waals surface area contributed by atoms with Gasteiger partial charge in [0.1, 0.15) is 0 Å². The van der Waals surface area contributed by atoms with Crippen molar-refractivity contribution in [3.8, 4) is 0 Å². The molecule has 2 aromatic rings. The highest BCUT2D eigenvalue weighted by atomic mass is 35.5. The molecule has 0 saturated heterocycles. The highest BCUT2D eigenvalue weighted by Gasteiger charge is 2.25. The lowest BCUT2D eigenvalue weighted by Gasteiger charge is -2.11. The Morgan fingerprint density at radius 1 is 1.22 bits per heavy atom. The Morgan fingerprint density at radius 3 is 2.72 bits per heavy atom. The maximum absolute atomic E-state index is 12.5. The number of carbonyl (C=O) groups excluding carboxylic acids is 1. The van der Waals surface area contributed by atoms with E-state index in [4.69, 9.17) is 17.3 Å². The summed E-state index contributed by atoms with van der Waals surface area (Å²) >= 11 is 8.78. The number of nitrogen functional groups attached to an aromatic ring is 1. The number of carbonyl (C=O) groups is 1. The zero-order chi connectivity index (χ0) is 12.7. The van der Waals surface area contributed by atoms with Gasteiger partial charge in [-0.2, -0.15) is 0 Å². The maximum atomic E-state index is 12.5. The molecule has 2 aromatic heterocycles. The van der Waals surface area contributed by atoms with Crippen LogP contribution in [0.3, 0.4) is 0 Å². The van der Waals surface area contributed by atoms with Crippen LogP contribution in [0.1, 0.15) is 38.5 Å². The normalized spacial score (nSPS) is 14.5. The van der Waals surface area contributed by atoms with Crippen LogP contribution in [-0.2, 0) is 12.8 Å². The Hall–Kier alpha value is -0.840. The minimum absolute atomic E-state index is 0.0313. The molecule has 0 aromatic carbocycles. The Labute approximate surface area is 118 Å². The fourth-order valence-corrected chi connectivity index (χ4v) is 4.54. The van der Waals surface area contributed by atoms with Gasteiger partial charge in [0.15, 0.2) is 0 Å². The van der Waals surface area contributed by atoms with Crippen LogP contribution in [0.5, 0.6) is 0 Å². The third-order valence-electron chi connectivity index (χ3n) is 3.22.